The molecule has 0 bridgehead atoms. The number of aryl methyl sites for hydroxylation is 3. The van der Waals surface area contributed by atoms with E-state index in [1.165, 1.54) is 5.56 Å². The van der Waals surface area contributed by atoms with Crippen LogP contribution in [0.5, 0.6) is 0 Å². The first kappa shape index (κ1) is 12.3. The molecule has 0 aliphatic carbocycles. The third-order valence-electron chi connectivity index (χ3n) is 3.03. The van der Waals surface area contributed by atoms with Crippen molar-refractivity contribution in [1.29, 1.82) is 0 Å². The SMILES string of the molecule is Cc1cc(C)c(C(=O)C2COCCO2)c(C)c1. The minimum Gasteiger partial charge on any atom is -0.376 e. The Labute approximate surface area is 102 Å². The summed E-state index contributed by atoms with van der Waals surface area (Å²) in [5.74, 6) is 0.0414. The fraction of sp³-hybridized carbons (Fsp3) is 0.500. The lowest BCUT2D eigenvalue weighted by Gasteiger charge is -2.23. The van der Waals surface area contributed by atoms with Gasteiger partial charge < -0.3 is 9.47 Å². The number of carbonyl (C=O) groups excluding carboxylic acids is 1. The molecule has 0 amide bonds. The van der Waals surface area contributed by atoms with Crippen molar-refractivity contribution in [3.63, 3.8) is 0 Å². The maximum absolute atomic E-state index is 12.3. The lowest BCUT2D eigenvalue weighted by atomic mass is 9.94. The average Bonchev–Trinajstić information content (AvgIpc) is 2.28. The average molecular weight is 234 g/mol. The number of carbonyl (C=O) groups is 1. The van der Waals surface area contributed by atoms with Crippen LogP contribution in [-0.4, -0.2) is 31.7 Å². The van der Waals surface area contributed by atoms with Crippen molar-refractivity contribution in [2.75, 3.05) is 19.8 Å². The molecule has 0 spiro atoms. The van der Waals surface area contributed by atoms with E-state index < -0.39 is 6.10 Å². The van der Waals surface area contributed by atoms with E-state index in [9.17, 15) is 4.79 Å². The zero-order valence-electron chi connectivity index (χ0n) is 10.6. The minimum absolute atomic E-state index is 0.0414. The third-order valence-corrected chi connectivity index (χ3v) is 3.03. The minimum atomic E-state index is -0.441. The van der Waals surface area contributed by atoms with Crippen LogP contribution in [0.25, 0.3) is 0 Å². The molecule has 1 heterocycles. The molecule has 3 nitrogen and oxygen atoms in total. The van der Waals surface area contributed by atoms with Crippen LogP contribution < -0.4 is 0 Å². The number of ketones is 1. The summed E-state index contributed by atoms with van der Waals surface area (Å²) in [4.78, 5) is 12.3. The highest BCUT2D eigenvalue weighted by molar-refractivity contribution is 6.02. The third kappa shape index (κ3) is 2.56. The molecule has 1 aromatic rings. The van der Waals surface area contributed by atoms with Crippen LogP contribution in [0.4, 0.5) is 0 Å². The standard InChI is InChI=1S/C14H18O3/c1-9-6-10(2)13(11(3)7-9)14(15)12-8-16-4-5-17-12/h6-7,12H,4-5,8H2,1-3H3. The van der Waals surface area contributed by atoms with Gasteiger partial charge in [-0.25, -0.2) is 0 Å². The monoisotopic (exact) mass is 234 g/mol. The maximum Gasteiger partial charge on any atom is 0.194 e. The molecule has 0 saturated carbocycles. The summed E-state index contributed by atoms with van der Waals surface area (Å²) in [7, 11) is 0. The van der Waals surface area contributed by atoms with E-state index in [4.69, 9.17) is 9.47 Å². The Kier molecular flexibility index (Phi) is 3.60. The van der Waals surface area contributed by atoms with Crippen LogP contribution in [0.2, 0.25) is 0 Å². The van der Waals surface area contributed by atoms with E-state index >= 15 is 0 Å². The van der Waals surface area contributed by atoms with Gasteiger partial charge in [0.2, 0.25) is 0 Å². The van der Waals surface area contributed by atoms with Gasteiger partial charge in [-0.05, 0) is 31.9 Å². The van der Waals surface area contributed by atoms with E-state index in [0.29, 0.717) is 19.8 Å². The summed E-state index contributed by atoms with van der Waals surface area (Å²) >= 11 is 0. The van der Waals surface area contributed by atoms with E-state index in [-0.39, 0.29) is 5.78 Å². The Morgan fingerprint density at radius 2 is 1.82 bits per heavy atom. The quantitative estimate of drug-likeness (QED) is 0.736. The highest BCUT2D eigenvalue weighted by Crippen LogP contribution is 2.20. The Balaban J connectivity index is 2.30. The van der Waals surface area contributed by atoms with Crippen LogP contribution in [-0.2, 0) is 9.47 Å². The molecule has 0 radical (unpaired) electrons. The van der Waals surface area contributed by atoms with E-state index in [0.717, 1.165) is 16.7 Å². The zero-order chi connectivity index (χ0) is 12.4. The first-order valence-electron chi connectivity index (χ1n) is 5.91. The summed E-state index contributed by atoms with van der Waals surface area (Å²) in [6.07, 6.45) is -0.441. The molecule has 92 valence electrons. The van der Waals surface area contributed by atoms with Gasteiger partial charge in [-0.15, -0.1) is 0 Å². The van der Waals surface area contributed by atoms with Crippen molar-refractivity contribution < 1.29 is 14.3 Å². The molecule has 1 aromatic carbocycles. The Bertz CT molecular complexity index is 408. The smallest absolute Gasteiger partial charge is 0.194 e. The number of ether oxygens (including phenoxy) is 2. The number of rotatable bonds is 2. The van der Waals surface area contributed by atoms with Crippen LogP contribution >= 0.6 is 0 Å². The van der Waals surface area contributed by atoms with Gasteiger partial charge in [0.1, 0.15) is 6.10 Å². The Morgan fingerprint density at radius 3 is 2.35 bits per heavy atom. The summed E-state index contributed by atoms with van der Waals surface area (Å²) in [6, 6.07) is 4.06. The maximum atomic E-state index is 12.3. The predicted molar refractivity (Wildman–Crippen MR) is 65.5 cm³/mol. The van der Waals surface area contributed by atoms with Gasteiger partial charge in [-0.1, -0.05) is 17.7 Å². The van der Waals surface area contributed by atoms with E-state index in [2.05, 4.69) is 0 Å². The molecule has 17 heavy (non-hydrogen) atoms. The van der Waals surface area contributed by atoms with E-state index in [1.54, 1.807) is 0 Å². The second-order valence-corrected chi connectivity index (χ2v) is 4.57. The predicted octanol–water partition coefficient (Wildman–Crippen LogP) is 2.21. The van der Waals surface area contributed by atoms with Crippen molar-refractivity contribution >= 4 is 5.78 Å². The van der Waals surface area contributed by atoms with Gasteiger partial charge >= 0.3 is 0 Å². The molecule has 0 N–H and O–H groups in total. The van der Waals surface area contributed by atoms with Crippen molar-refractivity contribution in [2.45, 2.75) is 26.9 Å². The largest absolute Gasteiger partial charge is 0.376 e. The van der Waals surface area contributed by atoms with Gasteiger partial charge in [0, 0.05) is 5.56 Å². The molecule has 3 heteroatoms. The van der Waals surface area contributed by atoms with Crippen LogP contribution in [0, 0.1) is 20.8 Å². The van der Waals surface area contributed by atoms with Gasteiger partial charge in [-0.3, -0.25) is 4.79 Å². The summed E-state index contributed by atoms with van der Waals surface area (Å²) < 4.78 is 10.7. The van der Waals surface area contributed by atoms with Gasteiger partial charge in [0.05, 0.1) is 19.8 Å². The molecule has 1 fully saturated rings. The molecule has 1 unspecified atom stereocenters. The second kappa shape index (κ2) is 4.98. The fourth-order valence-electron chi connectivity index (χ4n) is 2.37. The van der Waals surface area contributed by atoms with Gasteiger partial charge in [-0.2, -0.15) is 0 Å². The van der Waals surface area contributed by atoms with Crippen LogP contribution in [0.3, 0.4) is 0 Å². The molecular weight excluding hydrogens is 216 g/mol. The number of Topliss-reactive ketones (excluding diaryl/α,β-unsaturated/α-hetero) is 1. The normalized spacial score (nSPS) is 20.3. The van der Waals surface area contributed by atoms with E-state index in [1.807, 2.05) is 32.9 Å². The first-order valence-corrected chi connectivity index (χ1v) is 5.91. The lowest BCUT2D eigenvalue weighted by molar-refractivity contribution is -0.0719. The lowest BCUT2D eigenvalue weighted by Crippen LogP contribution is -2.36. The summed E-state index contributed by atoms with van der Waals surface area (Å²) in [6.45, 7) is 7.42. The molecule has 1 atom stereocenters. The highest BCUT2D eigenvalue weighted by Gasteiger charge is 2.26. The second-order valence-electron chi connectivity index (χ2n) is 4.57. The number of benzene rings is 1. The number of hydrogen-bond acceptors (Lipinski definition) is 3. The van der Waals surface area contributed by atoms with Crippen molar-refractivity contribution in [3.05, 3.63) is 34.4 Å². The molecule has 1 saturated heterocycles. The van der Waals surface area contributed by atoms with Gasteiger partial charge in [0.15, 0.2) is 5.78 Å². The van der Waals surface area contributed by atoms with Crippen molar-refractivity contribution in [1.82, 2.24) is 0 Å². The molecular formula is C14H18O3. The Morgan fingerprint density at radius 1 is 1.18 bits per heavy atom. The van der Waals surface area contributed by atoms with Gasteiger partial charge in [0.25, 0.3) is 0 Å². The molecule has 0 aromatic heterocycles. The molecule has 2 rings (SSSR count). The first-order chi connectivity index (χ1) is 8.09. The molecule has 1 aliphatic heterocycles. The summed E-state index contributed by atoms with van der Waals surface area (Å²) in [5.41, 5.74) is 3.99. The zero-order valence-corrected chi connectivity index (χ0v) is 10.6. The topological polar surface area (TPSA) is 35.5 Å². The fourth-order valence-corrected chi connectivity index (χ4v) is 2.37. The highest BCUT2D eigenvalue weighted by atomic mass is 16.6. The summed E-state index contributed by atoms with van der Waals surface area (Å²) in [5, 5.41) is 0. The molecule has 1 aliphatic rings. The van der Waals surface area contributed by atoms with Crippen LogP contribution in [0.15, 0.2) is 12.1 Å². The van der Waals surface area contributed by atoms with Crippen molar-refractivity contribution in [2.24, 2.45) is 0 Å². The van der Waals surface area contributed by atoms with Crippen molar-refractivity contribution in [3.8, 4) is 0 Å². The van der Waals surface area contributed by atoms with Crippen LogP contribution in [0.1, 0.15) is 27.0 Å². The Hall–Kier alpha value is -1.19. The number of hydrogen-bond donors (Lipinski definition) is 0.